The highest BCUT2D eigenvalue weighted by atomic mass is 32.1. The lowest BCUT2D eigenvalue weighted by Crippen LogP contribution is -2.07. The maximum Gasteiger partial charge on any atom is 0.416 e. The van der Waals surface area contributed by atoms with E-state index in [1.807, 2.05) is 17.7 Å². The van der Waals surface area contributed by atoms with Crippen LogP contribution in [0.15, 0.2) is 35.0 Å². The molecule has 1 unspecified atom stereocenters. The van der Waals surface area contributed by atoms with E-state index >= 15 is 0 Å². The highest BCUT2D eigenvalue weighted by molar-refractivity contribution is 7.08. The minimum atomic E-state index is -4.35. The van der Waals surface area contributed by atoms with Crippen molar-refractivity contribution in [3.8, 4) is 0 Å². The second-order valence-electron chi connectivity index (χ2n) is 4.43. The summed E-state index contributed by atoms with van der Waals surface area (Å²) in [5, 5.41) is 13.8. The monoisotopic (exact) mass is 286 g/mol. The highest BCUT2D eigenvalue weighted by Crippen LogP contribution is 2.31. The lowest BCUT2D eigenvalue weighted by Gasteiger charge is -2.12. The minimum absolute atomic E-state index is 0.182. The molecule has 5 heteroatoms. The SMILES string of the molecule is Cc1cscc1C(O)Cc1cccc(C(F)(F)F)c1. The number of alkyl halides is 3. The van der Waals surface area contributed by atoms with Gasteiger partial charge in [0.05, 0.1) is 11.7 Å². The molecule has 1 nitrogen and oxygen atoms in total. The van der Waals surface area contributed by atoms with Crippen LogP contribution in [-0.2, 0) is 12.6 Å². The van der Waals surface area contributed by atoms with Crippen LogP contribution < -0.4 is 0 Å². The summed E-state index contributed by atoms with van der Waals surface area (Å²) in [4.78, 5) is 0. The molecule has 0 spiro atoms. The van der Waals surface area contributed by atoms with Crippen LogP contribution >= 0.6 is 11.3 Å². The first-order chi connectivity index (χ1) is 8.88. The molecule has 2 aromatic rings. The molecule has 1 N–H and O–H groups in total. The average molecular weight is 286 g/mol. The normalized spacial score (nSPS) is 13.5. The molecule has 1 aromatic carbocycles. The van der Waals surface area contributed by atoms with E-state index in [1.54, 1.807) is 6.07 Å². The molecule has 0 fully saturated rings. The topological polar surface area (TPSA) is 20.2 Å². The molecule has 2 rings (SSSR count). The average Bonchev–Trinajstić information content (AvgIpc) is 2.75. The van der Waals surface area contributed by atoms with Gasteiger partial charge in [0.1, 0.15) is 0 Å². The van der Waals surface area contributed by atoms with Crippen LogP contribution in [0, 0.1) is 6.92 Å². The number of benzene rings is 1. The van der Waals surface area contributed by atoms with Gasteiger partial charge in [-0.25, -0.2) is 0 Å². The summed E-state index contributed by atoms with van der Waals surface area (Å²) in [5.74, 6) is 0. The van der Waals surface area contributed by atoms with E-state index in [-0.39, 0.29) is 6.42 Å². The van der Waals surface area contributed by atoms with Gasteiger partial charge in [0.25, 0.3) is 0 Å². The van der Waals surface area contributed by atoms with Gasteiger partial charge in [0.15, 0.2) is 0 Å². The van der Waals surface area contributed by atoms with E-state index in [2.05, 4.69) is 0 Å². The van der Waals surface area contributed by atoms with E-state index in [4.69, 9.17) is 0 Å². The fourth-order valence-electron chi connectivity index (χ4n) is 1.92. The molecule has 1 aromatic heterocycles. The molecule has 102 valence electrons. The van der Waals surface area contributed by atoms with Crippen LogP contribution in [0.3, 0.4) is 0 Å². The van der Waals surface area contributed by atoms with Crippen molar-refractivity contribution in [2.24, 2.45) is 0 Å². The van der Waals surface area contributed by atoms with E-state index in [9.17, 15) is 18.3 Å². The molecular weight excluding hydrogens is 273 g/mol. The van der Waals surface area contributed by atoms with E-state index in [1.165, 1.54) is 17.4 Å². The predicted octanol–water partition coefficient (Wildman–Crippen LogP) is 4.35. The number of halogens is 3. The van der Waals surface area contributed by atoms with Gasteiger partial charge in [0.2, 0.25) is 0 Å². The van der Waals surface area contributed by atoms with Gasteiger partial charge in [-0.2, -0.15) is 24.5 Å². The van der Waals surface area contributed by atoms with Crippen LogP contribution in [0.5, 0.6) is 0 Å². The summed E-state index contributed by atoms with van der Waals surface area (Å²) < 4.78 is 37.7. The number of rotatable bonds is 3. The third kappa shape index (κ3) is 3.36. The Kier molecular flexibility index (Phi) is 3.96. The Bertz CT molecular complexity index is 560. The molecule has 0 aliphatic rings. The van der Waals surface area contributed by atoms with Crippen molar-refractivity contribution in [2.45, 2.75) is 25.6 Å². The quantitative estimate of drug-likeness (QED) is 0.889. The summed E-state index contributed by atoms with van der Waals surface area (Å²) >= 11 is 1.47. The lowest BCUT2D eigenvalue weighted by molar-refractivity contribution is -0.137. The van der Waals surface area contributed by atoms with Crippen LogP contribution in [0.1, 0.15) is 28.4 Å². The Balaban J connectivity index is 2.18. The Morgan fingerprint density at radius 2 is 2.00 bits per heavy atom. The molecule has 0 aliphatic carbocycles. The smallest absolute Gasteiger partial charge is 0.388 e. The molecule has 0 radical (unpaired) electrons. The molecule has 19 heavy (non-hydrogen) atoms. The first-order valence-electron chi connectivity index (χ1n) is 5.75. The Morgan fingerprint density at radius 3 is 2.58 bits per heavy atom. The molecule has 0 aliphatic heterocycles. The number of aliphatic hydroxyl groups excluding tert-OH is 1. The number of hydrogen-bond donors (Lipinski definition) is 1. The second-order valence-corrected chi connectivity index (χ2v) is 5.17. The molecular formula is C14H13F3OS. The van der Waals surface area contributed by atoms with Gasteiger partial charge in [0, 0.05) is 6.42 Å². The van der Waals surface area contributed by atoms with Crippen molar-refractivity contribution in [1.29, 1.82) is 0 Å². The first-order valence-corrected chi connectivity index (χ1v) is 6.69. The van der Waals surface area contributed by atoms with E-state index in [0.717, 1.165) is 23.3 Å². The van der Waals surface area contributed by atoms with Gasteiger partial charge >= 0.3 is 6.18 Å². The number of hydrogen-bond acceptors (Lipinski definition) is 2. The maximum absolute atomic E-state index is 12.6. The zero-order chi connectivity index (χ0) is 14.0. The van der Waals surface area contributed by atoms with Gasteiger partial charge in [-0.05, 0) is 40.4 Å². The predicted molar refractivity (Wildman–Crippen MR) is 69.2 cm³/mol. The van der Waals surface area contributed by atoms with Crippen LogP contribution in [0.4, 0.5) is 13.2 Å². The summed E-state index contributed by atoms with van der Waals surface area (Å²) in [6, 6.07) is 5.09. The van der Waals surface area contributed by atoms with Crippen molar-refractivity contribution in [1.82, 2.24) is 0 Å². The Morgan fingerprint density at radius 1 is 1.26 bits per heavy atom. The summed E-state index contributed by atoms with van der Waals surface area (Å²) in [5.41, 5.74) is 1.54. The van der Waals surface area contributed by atoms with Crippen molar-refractivity contribution >= 4 is 11.3 Å². The van der Waals surface area contributed by atoms with Crippen molar-refractivity contribution < 1.29 is 18.3 Å². The van der Waals surface area contributed by atoms with Crippen molar-refractivity contribution in [3.63, 3.8) is 0 Å². The zero-order valence-electron chi connectivity index (χ0n) is 10.2. The van der Waals surface area contributed by atoms with Gasteiger partial charge in [-0.3, -0.25) is 0 Å². The fraction of sp³-hybridized carbons (Fsp3) is 0.286. The first kappa shape index (κ1) is 14.1. The number of aryl methyl sites for hydroxylation is 1. The molecule has 0 saturated carbocycles. The van der Waals surface area contributed by atoms with Gasteiger partial charge < -0.3 is 5.11 Å². The molecule has 1 heterocycles. The van der Waals surface area contributed by atoms with Crippen LogP contribution in [0.25, 0.3) is 0 Å². The fourth-order valence-corrected chi connectivity index (χ4v) is 2.82. The maximum atomic E-state index is 12.6. The number of aliphatic hydroxyl groups is 1. The van der Waals surface area contributed by atoms with Gasteiger partial charge in [-0.15, -0.1) is 0 Å². The molecule has 1 atom stereocenters. The third-order valence-electron chi connectivity index (χ3n) is 2.94. The molecule has 0 amide bonds. The summed E-state index contributed by atoms with van der Waals surface area (Å²) in [6.07, 6.45) is -4.93. The van der Waals surface area contributed by atoms with Gasteiger partial charge in [-0.1, -0.05) is 18.2 Å². The Hall–Kier alpha value is -1.33. The molecule has 0 saturated heterocycles. The third-order valence-corrected chi connectivity index (χ3v) is 3.82. The van der Waals surface area contributed by atoms with Crippen LogP contribution in [0.2, 0.25) is 0 Å². The van der Waals surface area contributed by atoms with Crippen LogP contribution in [-0.4, -0.2) is 5.11 Å². The lowest BCUT2D eigenvalue weighted by atomic mass is 10.00. The van der Waals surface area contributed by atoms with E-state index in [0.29, 0.717) is 5.56 Å². The van der Waals surface area contributed by atoms with E-state index < -0.39 is 17.8 Å². The van der Waals surface area contributed by atoms with Crippen molar-refractivity contribution in [3.05, 3.63) is 57.3 Å². The highest BCUT2D eigenvalue weighted by Gasteiger charge is 2.30. The second kappa shape index (κ2) is 5.35. The standard InChI is InChI=1S/C14H13F3OS/c1-9-7-19-8-12(9)13(18)6-10-3-2-4-11(5-10)14(15,16)17/h2-5,7-8,13,18H,6H2,1H3. The largest absolute Gasteiger partial charge is 0.416 e. The number of thiophene rings is 1. The zero-order valence-corrected chi connectivity index (χ0v) is 11.1. The Labute approximate surface area is 113 Å². The minimum Gasteiger partial charge on any atom is -0.388 e. The molecule has 0 bridgehead atoms. The summed E-state index contributed by atoms with van der Waals surface area (Å²) in [7, 11) is 0. The summed E-state index contributed by atoms with van der Waals surface area (Å²) in [6.45, 7) is 1.88. The van der Waals surface area contributed by atoms with Crippen molar-refractivity contribution in [2.75, 3.05) is 0 Å².